The maximum atomic E-state index is 12.8. The Morgan fingerprint density at radius 1 is 1.00 bits per heavy atom. The van der Waals surface area contributed by atoms with Crippen LogP contribution in [0.25, 0.3) is 22.4 Å². The SMILES string of the molecule is O=c1c(=Cc2ccc(OCc3ccccc3)cc2)sc2nc(-c3ccc(Cl)cc3Cl)nn12. The van der Waals surface area contributed by atoms with Crippen molar-refractivity contribution in [3.8, 4) is 17.1 Å². The van der Waals surface area contributed by atoms with Crippen LogP contribution in [-0.4, -0.2) is 14.6 Å². The topological polar surface area (TPSA) is 56.5 Å². The van der Waals surface area contributed by atoms with Crippen LogP contribution in [0.5, 0.6) is 5.75 Å². The van der Waals surface area contributed by atoms with Crippen LogP contribution in [0.4, 0.5) is 0 Å². The van der Waals surface area contributed by atoms with E-state index in [0.29, 0.717) is 37.5 Å². The zero-order valence-electron chi connectivity index (χ0n) is 16.5. The lowest BCUT2D eigenvalue weighted by Crippen LogP contribution is -2.23. The minimum Gasteiger partial charge on any atom is -0.489 e. The molecule has 2 heterocycles. The van der Waals surface area contributed by atoms with Gasteiger partial charge < -0.3 is 4.74 Å². The summed E-state index contributed by atoms with van der Waals surface area (Å²) in [5.41, 5.74) is 2.40. The normalized spacial score (nSPS) is 11.9. The molecule has 2 aromatic heterocycles. The van der Waals surface area contributed by atoms with Gasteiger partial charge in [0, 0.05) is 10.6 Å². The first-order chi connectivity index (χ1) is 15.6. The minimum atomic E-state index is -0.224. The van der Waals surface area contributed by atoms with E-state index in [0.717, 1.165) is 16.9 Å². The van der Waals surface area contributed by atoms with Gasteiger partial charge in [-0.15, -0.1) is 5.10 Å². The van der Waals surface area contributed by atoms with Crippen molar-refractivity contribution in [3.05, 3.63) is 109 Å². The predicted octanol–water partition coefficient (Wildman–Crippen LogP) is 5.25. The van der Waals surface area contributed by atoms with E-state index in [1.54, 1.807) is 18.2 Å². The Balaban J connectivity index is 1.38. The zero-order chi connectivity index (χ0) is 22.1. The molecule has 0 radical (unpaired) electrons. The first-order valence-electron chi connectivity index (χ1n) is 9.70. The van der Waals surface area contributed by atoms with E-state index in [1.165, 1.54) is 15.9 Å². The second-order valence-corrected chi connectivity index (χ2v) is 8.87. The molecule has 0 fully saturated rings. The van der Waals surface area contributed by atoms with Crippen LogP contribution in [0.15, 0.2) is 77.6 Å². The number of halogens is 2. The summed E-state index contributed by atoms with van der Waals surface area (Å²) in [6.07, 6.45) is 1.82. The van der Waals surface area contributed by atoms with E-state index in [2.05, 4.69) is 10.1 Å². The molecular weight excluding hydrogens is 465 g/mol. The van der Waals surface area contributed by atoms with Crippen molar-refractivity contribution in [3.63, 3.8) is 0 Å². The van der Waals surface area contributed by atoms with E-state index < -0.39 is 0 Å². The molecular formula is C24H15Cl2N3O2S. The Morgan fingerprint density at radius 2 is 1.78 bits per heavy atom. The van der Waals surface area contributed by atoms with Crippen molar-refractivity contribution in [1.82, 2.24) is 14.6 Å². The molecule has 0 saturated carbocycles. The second-order valence-electron chi connectivity index (χ2n) is 7.01. The predicted molar refractivity (Wildman–Crippen MR) is 129 cm³/mol. The monoisotopic (exact) mass is 479 g/mol. The number of benzene rings is 3. The van der Waals surface area contributed by atoms with Crippen molar-refractivity contribution >= 4 is 45.6 Å². The van der Waals surface area contributed by atoms with Crippen molar-refractivity contribution in [2.24, 2.45) is 0 Å². The third-order valence-corrected chi connectivity index (χ3v) is 6.29. The molecule has 0 aliphatic carbocycles. The number of ether oxygens (including phenoxy) is 1. The van der Waals surface area contributed by atoms with Gasteiger partial charge in [0.1, 0.15) is 12.4 Å². The third-order valence-electron chi connectivity index (χ3n) is 4.78. The van der Waals surface area contributed by atoms with E-state index in [-0.39, 0.29) is 5.56 Å². The van der Waals surface area contributed by atoms with Crippen LogP contribution < -0.4 is 14.8 Å². The average molecular weight is 480 g/mol. The summed E-state index contributed by atoms with van der Waals surface area (Å²) in [6.45, 7) is 0.502. The molecule has 0 spiro atoms. The summed E-state index contributed by atoms with van der Waals surface area (Å²) in [5, 5.41) is 5.30. The van der Waals surface area contributed by atoms with Crippen LogP contribution in [-0.2, 0) is 6.61 Å². The first-order valence-corrected chi connectivity index (χ1v) is 11.3. The van der Waals surface area contributed by atoms with Gasteiger partial charge in [-0.3, -0.25) is 4.79 Å². The minimum absolute atomic E-state index is 0.224. The van der Waals surface area contributed by atoms with Crippen molar-refractivity contribution < 1.29 is 4.74 Å². The Bertz CT molecular complexity index is 1510. The maximum Gasteiger partial charge on any atom is 0.291 e. The summed E-state index contributed by atoms with van der Waals surface area (Å²) in [4.78, 5) is 17.8. The van der Waals surface area contributed by atoms with E-state index in [1.807, 2.05) is 60.7 Å². The highest BCUT2D eigenvalue weighted by atomic mass is 35.5. The van der Waals surface area contributed by atoms with Gasteiger partial charge in [-0.05, 0) is 47.5 Å². The largest absolute Gasteiger partial charge is 0.489 e. The standard InChI is InChI=1S/C24H15Cl2N3O2S/c25-17-8-11-19(20(26)13-17)22-27-24-29(28-22)23(30)21(32-24)12-15-6-9-18(10-7-15)31-14-16-4-2-1-3-5-16/h1-13H,14H2. The van der Waals surface area contributed by atoms with Crippen molar-refractivity contribution in [2.75, 3.05) is 0 Å². The van der Waals surface area contributed by atoms with E-state index in [9.17, 15) is 4.79 Å². The number of nitrogens with zero attached hydrogens (tertiary/aromatic N) is 3. The molecule has 0 aliphatic heterocycles. The molecule has 32 heavy (non-hydrogen) atoms. The molecule has 8 heteroatoms. The number of hydrogen-bond acceptors (Lipinski definition) is 5. The maximum absolute atomic E-state index is 12.8. The van der Waals surface area contributed by atoms with Gasteiger partial charge in [0.05, 0.1) is 9.55 Å². The number of thiazole rings is 1. The molecule has 158 valence electrons. The molecule has 0 atom stereocenters. The highest BCUT2D eigenvalue weighted by Gasteiger charge is 2.14. The Morgan fingerprint density at radius 3 is 2.50 bits per heavy atom. The van der Waals surface area contributed by atoms with Gasteiger partial charge >= 0.3 is 0 Å². The molecule has 5 aromatic rings. The van der Waals surface area contributed by atoms with Crippen LogP contribution in [0, 0.1) is 0 Å². The van der Waals surface area contributed by atoms with Gasteiger partial charge in [-0.25, -0.2) is 0 Å². The van der Waals surface area contributed by atoms with Crippen molar-refractivity contribution in [2.45, 2.75) is 6.61 Å². The fraction of sp³-hybridized carbons (Fsp3) is 0.0417. The Hall–Kier alpha value is -3.19. The van der Waals surface area contributed by atoms with Crippen molar-refractivity contribution in [1.29, 1.82) is 0 Å². The van der Waals surface area contributed by atoms with Crippen LogP contribution in [0.2, 0.25) is 10.0 Å². The van der Waals surface area contributed by atoms with Crippen LogP contribution in [0.3, 0.4) is 0 Å². The third kappa shape index (κ3) is 4.25. The van der Waals surface area contributed by atoms with Gasteiger partial charge in [-0.2, -0.15) is 9.50 Å². The number of hydrogen-bond donors (Lipinski definition) is 0. The molecule has 5 nitrogen and oxygen atoms in total. The molecule has 0 bridgehead atoms. The quantitative estimate of drug-likeness (QED) is 0.345. The number of rotatable bonds is 5. The summed E-state index contributed by atoms with van der Waals surface area (Å²) in [6, 6.07) is 22.6. The van der Waals surface area contributed by atoms with Gasteiger partial charge in [0.2, 0.25) is 4.96 Å². The van der Waals surface area contributed by atoms with Gasteiger partial charge in [-0.1, -0.05) is 77.0 Å². The lowest BCUT2D eigenvalue weighted by molar-refractivity contribution is 0.306. The highest BCUT2D eigenvalue weighted by Crippen LogP contribution is 2.28. The summed E-state index contributed by atoms with van der Waals surface area (Å²) >= 11 is 13.5. The van der Waals surface area contributed by atoms with Crippen LogP contribution >= 0.6 is 34.5 Å². The molecule has 0 unspecified atom stereocenters. The second kappa shape index (κ2) is 8.74. The fourth-order valence-corrected chi connectivity index (χ4v) is 4.57. The number of aromatic nitrogens is 3. The summed E-state index contributed by atoms with van der Waals surface area (Å²) < 4.78 is 7.66. The molecule has 0 amide bonds. The average Bonchev–Trinajstić information content (AvgIpc) is 3.33. The molecule has 0 N–H and O–H groups in total. The Labute approximate surface area is 197 Å². The molecule has 3 aromatic carbocycles. The van der Waals surface area contributed by atoms with E-state index in [4.69, 9.17) is 27.9 Å². The van der Waals surface area contributed by atoms with Gasteiger partial charge in [0.15, 0.2) is 5.82 Å². The Kier molecular flexibility index (Phi) is 5.66. The lowest BCUT2D eigenvalue weighted by Gasteiger charge is -2.06. The lowest BCUT2D eigenvalue weighted by atomic mass is 10.2. The number of fused-ring (bicyclic) bond motifs is 1. The fourth-order valence-electron chi connectivity index (χ4n) is 3.17. The summed E-state index contributed by atoms with van der Waals surface area (Å²) in [5.74, 6) is 1.15. The van der Waals surface area contributed by atoms with Crippen LogP contribution in [0.1, 0.15) is 11.1 Å². The zero-order valence-corrected chi connectivity index (χ0v) is 18.9. The summed E-state index contributed by atoms with van der Waals surface area (Å²) in [7, 11) is 0. The first kappa shape index (κ1) is 20.7. The van der Waals surface area contributed by atoms with Gasteiger partial charge in [0.25, 0.3) is 5.56 Å². The van der Waals surface area contributed by atoms with E-state index >= 15 is 0 Å². The highest BCUT2D eigenvalue weighted by molar-refractivity contribution is 7.15. The molecule has 0 saturated heterocycles. The molecule has 5 rings (SSSR count). The smallest absolute Gasteiger partial charge is 0.291 e. The molecule has 0 aliphatic rings.